The lowest BCUT2D eigenvalue weighted by Crippen LogP contribution is -2.30. The molecule has 0 N–H and O–H groups in total. The number of unbranched alkanes of at least 4 members (excludes halogenated alkanes) is 21. The predicted molar refractivity (Wildman–Crippen MR) is 187 cm³/mol. The molecule has 0 aromatic heterocycles. The maximum absolute atomic E-state index is 12.5. The van der Waals surface area contributed by atoms with E-state index in [1.807, 2.05) is 0 Å². The predicted octanol–water partition coefficient (Wildman–Crippen LogP) is 11.6. The maximum atomic E-state index is 12.5. The van der Waals surface area contributed by atoms with Gasteiger partial charge in [0.15, 0.2) is 6.10 Å². The number of ether oxygens (including phenoxy) is 3. The van der Waals surface area contributed by atoms with E-state index < -0.39 is 6.10 Å². The Morgan fingerprint density at radius 2 is 0.733 bits per heavy atom. The molecule has 0 amide bonds. The molecule has 0 bridgehead atoms. The Hall–Kier alpha value is -1.59. The molecular formula is C39H74O6. The van der Waals surface area contributed by atoms with Crippen LogP contribution >= 0.6 is 0 Å². The molecule has 1 atom stereocenters. The van der Waals surface area contributed by atoms with Gasteiger partial charge in [0.05, 0.1) is 0 Å². The lowest BCUT2D eigenvalue weighted by Gasteiger charge is -2.18. The summed E-state index contributed by atoms with van der Waals surface area (Å²) in [6.45, 7) is 8.86. The highest BCUT2D eigenvalue weighted by atomic mass is 16.6. The van der Waals surface area contributed by atoms with E-state index in [1.165, 1.54) is 103 Å². The highest BCUT2D eigenvalue weighted by Gasteiger charge is 2.19. The van der Waals surface area contributed by atoms with Crippen molar-refractivity contribution in [1.29, 1.82) is 0 Å². The average molecular weight is 639 g/mol. The van der Waals surface area contributed by atoms with E-state index in [0.717, 1.165) is 63.7 Å². The third-order valence-corrected chi connectivity index (χ3v) is 8.54. The number of hydrogen-bond acceptors (Lipinski definition) is 6. The Labute approximate surface area is 278 Å². The molecule has 45 heavy (non-hydrogen) atoms. The SMILES string of the molecule is CCCCCCCCCCCCC(=O)OC[C@@H](COC(=O)CCCCCCCCCC(C)C)OC(=O)CCCCCCCCC. The molecule has 0 fully saturated rings. The molecule has 0 unspecified atom stereocenters. The van der Waals surface area contributed by atoms with Crippen molar-refractivity contribution >= 4 is 17.9 Å². The molecule has 0 radical (unpaired) electrons. The molecule has 0 aromatic rings. The first-order valence-electron chi connectivity index (χ1n) is 19.4. The number of hydrogen-bond donors (Lipinski definition) is 0. The zero-order valence-electron chi connectivity index (χ0n) is 30.3. The first-order chi connectivity index (χ1) is 21.9. The second kappa shape index (κ2) is 33.8. The van der Waals surface area contributed by atoms with Gasteiger partial charge in [-0.05, 0) is 25.2 Å². The topological polar surface area (TPSA) is 78.9 Å². The normalized spacial score (nSPS) is 11.9. The second-order valence-corrected chi connectivity index (χ2v) is 13.7. The van der Waals surface area contributed by atoms with Crippen LogP contribution < -0.4 is 0 Å². The van der Waals surface area contributed by atoms with E-state index in [1.54, 1.807) is 0 Å². The van der Waals surface area contributed by atoms with Crippen molar-refractivity contribution in [3.05, 3.63) is 0 Å². The Kier molecular flexibility index (Phi) is 32.6. The summed E-state index contributed by atoms with van der Waals surface area (Å²) in [7, 11) is 0. The summed E-state index contributed by atoms with van der Waals surface area (Å²) in [5, 5.41) is 0. The fourth-order valence-corrected chi connectivity index (χ4v) is 5.57. The van der Waals surface area contributed by atoms with E-state index in [2.05, 4.69) is 27.7 Å². The van der Waals surface area contributed by atoms with Gasteiger partial charge in [0.25, 0.3) is 0 Å². The van der Waals surface area contributed by atoms with Gasteiger partial charge < -0.3 is 14.2 Å². The monoisotopic (exact) mass is 639 g/mol. The van der Waals surface area contributed by atoms with Gasteiger partial charge in [-0.15, -0.1) is 0 Å². The fraction of sp³-hybridized carbons (Fsp3) is 0.923. The number of rotatable bonds is 34. The number of esters is 3. The van der Waals surface area contributed by atoms with Crippen LogP contribution in [-0.4, -0.2) is 37.2 Å². The van der Waals surface area contributed by atoms with Gasteiger partial charge in [0.1, 0.15) is 13.2 Å². The second-order valence-electron chi connectivity index (χ2n) is 13.7. The lowest BCUT2D eigenvalue weighted by atomic mass is 10.0. The highest BCUT2D eigenvalue weighted by Crippen LogP contribution is 2.15. The van der Waals surface area contributed by atoms with Crippen molar-refractivity contribution in [3.63, 3.8) is 0 Å². The zero-order chi connectivity index (χ0) is 33.2. The fourth-order valence-electron chi connectivity index (χ4n) is 5.57. The van der Waals surface area contributed by atoms with Gasteiger partial charge in [-0.25, -0.2) is 0 Å². The zero-order valence-corrected chi connectivity index (χ0v) is 30.3. The Bertz CT molecular complexity index is 676. The standard InChI is InChI=1S/C39H74O6/c1-5-7-9-11-13-14-15-19-22-26-30-37(40)43-33-36(45-39(42)32-28-24-17-12-10-8-6-2)34-44-38(41)31-27-23-20-16-18-21-25-29-35(3)4/h35-36H,5-34H2,1-4H3/t36-/m0/s1. The van der Waals surface area contributed by atoms with Crippen molar-refractivity contribution in [3.8, 4) is 0 Å². The molecule has 0 saturated heterocycles. The molecule has 0 aliphatic carbocycles. The van der Waals surface area contributed by atoms with E-state index >= 15 is 0 Å². The first-order valence-corrected chi connectivity index (χ1v) is 19.4. The number of carbonyl (C=O) groups is 3. The van der Waals surface area contributed by atoms with Gasteiger partial charge in [-0.2, -0.15) is 0 Å². The molecule has 0 aliphatic heterocycles. The van der Waals surface area contributed by atoms with E-state index in [4.69, 9.17) is 14.2 Å². The summed E-state index contributed by atoms with van der Waals surface area (Å²) >= 11 is 0. The van der Waals surface area contributed by atoms with Gasteiger partial charge in [-0.3, -0.25) is 14.4 Å². The van der Waals surface area contributed by atoms with Gasteiger partial charge in [0, 0.05) is 19.3 Å². The third-order valence-electron chi connectivity index (χ3n) is 8.54. The van der Waals surface area contributed by atoms with Crippen LogP contribution in [0.4, 0.5) is 0 Å². The van der Waals surface area contributed by atoms with E-state index in [9.17, 15) is 14.4 Å². The molecule has 0 aliphatic rings. The summed E-state index contributed by atoms with van der Waals surface area (Å²) in [4.78, 5) is 37.3. The lowest BCUT2D eigenvalue weighted by molar-refractivity contribution is -0.167. The summed E-state index contributed by atoms with van der Waals surface area (Å²) in [5.74, 6) is -0.0932. The van der Waals surface area contributed by atoms with Crippen molar-refractivity contribution < 1.29 is 28.6 Å². The van der Waals surface area contributed by atoms with Gasteiger partial charge >= 0.3 is 17.9 Å². The molecule has 0 spiro atoms. The molecule has 0 saturated carbocycles. The molecule has 0 aromatic carbocycles. The summed E-state index contributed by atoms with van der Waals surface area (Å²) < 4.78 is 16.5. The summed E-state index contributed by atoms with van der Waals surface area (Å²) in [5.41, 5.74) is 0. The summed E-state index contributed by atoms with van der Waals surface area (Å²) in [6, 6.07) is 0. The smallest absolute Gasteiger partial charge is 0.306 e. The Morgan fingerprint density at radius 1 is 0.422 bits per heavy atom. The third kappa shape index (κ3) is 33.6. The summed E-state index contributed by atoms with van der Waals surface area (Å²) in [6.07, 6.45) is 29.6. The van der Waals surface area contributed by atoms with Crippen LogP contribution in [0.3, 0.4) is 0 Å². The van der Waals surface area contributed by atoms with Crippen molar-refractivity contribution in [2.75, 3.05) is 13.2 Å². The Morgan fingerprint density at radius 3 is 1.09 bits per heavy atom. The van der Waals surface area contributed by atoms with Crippen molar-refractivity contribution in [2.24, 2.45) is 5.92 Å². The van der Waals surface area contributed by atoms with Crippen LogP contribution in [0.2, 0.25) is 0 Å². The first kappa shape index (κ1) is 43.4. The minimum absolute atomic E-state index is 0.0660. The van der Waals surface area contributed by atoms with Crippen LogP contribution in [0.1, 0.15) is 207 Å². The molecule has 0 rings (SSSR count). The average Bonchev–Trinajstić information content (AvgIpc) is 3.01. The molecule has 0 heterocycles. The Balaban J connectivity index is 4.32. The largest absolute Gasteiger partial charge is 0.462 e. The van der Waals surface area contributed by atoms with Crippen LogP contribution in [0.15, 0.2) is 0 Å². The van der Waals surface area contributed by atoms with Crippen LogP contribution in [0.25, 0.3) is 0 Å². The van der Waals surface area contributed by atoms with Gasteiger partial charge in [0.2, 0.25) is 0 Å². The maximum Gasteiger partial charge on any atom is 0.306 e. The van der Waals surface area contributed by atoms with Gasteiger partial charge in [-0.1, -0.05) is 169 Å². The highest BCUT2D eigenvalue weighted by molar-refractivity contribution is 5.71. The molecular weight excluding hydrogens is 564 g/mol. The molecule has 6 nitrogen and oxygen atoms in total. The minimum Gasteiger partial charge on any atom is -0.462 e. The van der Waals surface area contributed by atoms with E-state index in [0.29, 0.717) is 19.3 Å². The minimum atomic E-state index is -0.756. The van der Waals surface area contributed by atoms with Crippen molar-refractivity contribution in [2.45, 2.75) is 214 Å². The number of carbonyl (C=O) groups excluding carboxylic acids is 3. The van der Waals surface area contributed by atoms with E-state index in [-0.39, 0.29) is 31.1 Å². The van der Waals surface area contributed by atoms with Crippen molar-refractivity contribution in [1.82, 2.24) is 0 Å². The molecule has 266 valence electrons. The van der Waals surface area contributed by atoms with Crippen LogP contribution in [0, 0.1) is 5.92 Å². The quantitative estimate of drug-likeness (QED) is 0.0396. The van der Waals surface area contributed by atoms with Crippen LogP contribution in [0.5, 0.6) is 0 Å². The van der Waals surface area contributed by atoms with Crippen LogP contribution in [-0.2, 0) is 28.6 Å². The molecule has 6 heteroatoms.